The fraction of sp³-hybridized carbons (Fsp3) is 0.500. The van der Waals surface area contributed by atoms with Crippen molar-refractivity contribution in [1.82, 2.24) is 14.8 Å². The molecule has 2 saturated heterocycles. The van der Waals surface area contributed by atoms with Crippen molar-refractivity contribution in [2.45, 2.75) is 31.8 Å². The minimum Gasteiger partial charge on any atom is -0.481 e. The van der Waals surface area contributed by atoms with Crippen LogP contribution in [0.4, 0.5) is 0 Å². The molecule has 5 heteroatoms. The molecule has 0 saturated carbocycles. The Bertz CT molecular complexity index is 793. The van der Waals surface area contributed by atoms with Gasteiger partial charge in [0.25, 0.3) is 0 Å². The molecule has 25 heavy (non-hydrogen) atoms. The molecule has 4 rings (SSSR count). The third kappa shape index (κ3) is 2.92. The van der Waals surface area contributed by atoms with Gasteiger partial charge in [-0.25, -0.2) is 0 Å². The normalized spacial score (nSPS) is 28.0. The molecule has 1 aromatic carbocycles. The lowest BCUT2D eigenvalue weighted by Gasteiger charge is -2.51. The molecule has 0 spiro atoms. The van der Waals surface area contributed by atoms with Gasteiger partial charge in [0.1, 0.15) is 0 Å². The van der Waals surface area contributed by atoms with E-state index in [4.69, 9.17) is 0 Å². The Morgan fingerprint density at radius 3 is 3.04 bits per heavy atom. The number of hydrogen-bond acceptors (Lipinski definition) is 4. The highest BCUT2D eigenvalue weighted by atomic mass is 16.4. The Balaban J connectivity index is 1.53. The molecular formula is C20H25N3O2. The van der Waals surface area contributed by atoms with Crippen LogP contribution in [-0.4, -0.2) is 58.6 Å². The van der Waals surface area contributed by atoms with Crippen molar-refractivity contribution in [1.29, 1.82) is 0 Å². The fourth-order valence-electron chi connectivity index (χ4n) is 4.67. The fourth-order valence-corrected chi connectivity index (χ4v) is 4.67. The zero-order valence-corrected chi connectivity index (χ0v) is 14.7. The molecule has 0 unspecified atom stereocenters. The average Bonchev–Trinajstić information content (AvgIpc) is 2.62. The number of aliphatic carboxylic acids is 1. The maximum atomic E-state index is 12.0. The molecule has 2 atom stereocenters. The highest BCUT2D eigenvalue weighted by molar-refractivity contribution is 5.79. The summed E-state index contributed by atoms with van der Waals surface area (Å²) < 4.78 is 0. The first-order valence-electron chi connectivity index (χ1n) is 9.08. The monoisotopic (exact) mass is 339 g/mol. The van der Waals surface area contributed by atoms with Gasteiger partial charge in [-0.05, 0) is 63.2 Å². The largest absolute Gasteiger partial charge is 0.481 e. The lowest BCUT2D eigenvalue weighted by atomic mass is 9.68. The smallest absolute Gasteiger partial charge is 0.311 e. The molecule has 0 radical (unpaired) electrons. The number of pyridine rings is 1. The molecule has 2 fully saturated rings. The number of benzene rings is 1. The predicted molar refractivity (Wildman–Crippen MR) is 97.4 cm³/mol. The third-order valence-electron chi connectivity index (χ3n) is 6.11. The Kier molecular flexibility index (Phi) is 4.21. The van der Waals surface area contributed by atoms with Crippen molar-refractivity contribution in [3.8, 4) is 0 Å². The summed E-state index contributed by atoms with van der Waals surface area (Å²) >= 11 is 0. The van der Waals surface area contributed by atoms with Gasteiger partial charge in [-0.2, -0.15) is 0 Å². The highest BCUT2D eigenvalue weighted by Crippen LogP contribution is 2.42. The van der Waals surface area contributed by atoms with Gasteiger partial charge in [0.15, 0.2) is 0 Å². The van der Waals surface area contributed by atoms with Crippen LogP contribution in [0.2, 0.25) is 0 Å². The number of carboxylic acid groups (broad SMARTS) is 1. The van der Waals surface area contributed by atoms with Crippen molar-refractivity contribution >= 4 is 16.9 Å². The van der Waals surface area contributed by atoms with Gasteiger partial charge in [0.05, 0.1) is 10.9 Å². The van der Waals surface area contributed by atoms with Crippen molar-refractivity contribution in [2.24, 2.45) is 5.41 Å². The Labute approximate surface area is 148 Å². The Morgan fingerprint density at radius 2 is 2.20 bits per heavy atom. The quantitative estimate of drug-likeness (QED) is 0.931. The third-order valence-corrected chi connectivity index (χ3v) is 6.11. The molecule has 0 amide bonds. The second kappa shape index (κ2) is 6.39. The maximum absolute atomic E-state index is 12.0. The van der Waals surface area contributed by atoms with Gasteiger partial charge in [-0.3, -0.25) is 14.7 Å². The van der Waals surface area contributed by atoms with Crippen LogP contribution >= 0.6 is 0 Å². The molecule has 0 bridgehead atoms. The summed E-state index contributed by atoms with van der Waals surface area (Å²) in [6.45, 7) is 3.54. The number of carboxylic acids is 1. The van der Waals surface area contributed by atoms with Crippen LogP contribution in [0.1, 0.15) is 24.8 Å². The van der Waals surface area contributed by atoms with Crippen molar-refractivity contribution in [2.75, 3.05) is 26.7 Å². The zero-order chi connectivity index (χ0) is 17.4. The van der Waals surface area contributed by atoms with E-state index in [0.717, 1.165) is 56.3 Å². The van der Waals surface area contributed by atoms with E-state index < -0.39 is 11.4 Å². The highest BCUT2D eigenvalue weighted by Gasteiger charge is 2.52. The molecule has 1 N–H and O–H groups in total. The second-order valence-corrected chi connectivity index (χ2v) is 7.58. The second-order valence-electron chi connectivity index (χ2n) is 7.58. The summed E-state index contributed by atoms with van der Waals surface area (Å²) in [5.41, 5.74) is 1.72. The van der Waals surface area contributed by atoms with E-state index in [0.29, 0.717) is 0 Å². The zero-order valence-electron chi connectivity index (χ0n) is 14.7. The van der Waals surface area contributed by atoms with E-state index >= 15 is 0 Å². The first kappa shape index (κ1) is 16.5. The maximum Gasteiger partial charge on any atom is 0.311 e. The molecule has 2 aliphatic heterocycles. The molecule has 1 aromatic heterocycles. The van der Waals surface area contributed by atoms with Crippen molar-refractivity contribution in [3.05, 3.63) is 42.1 Å². The average molecular weight is 339 g/mol. The number of hydrogen-bond donors (Lipinski definition) is 1. The van der Waals surface area contributed by atoms with Crippen molar-refractivity contribution in [3.63, 3.8) is 0 Å². The van der Waals surface area contributed by atoms with Crippen LogP contribution in [-0.2, 0) is 11.3 Å². The van der Waals surface area contributed by atoms with Crippen LogP contribution in [0.15, 0.2) is 36.5 Å². The van der Waals surface area contributed by atoms with E-state index in [1.54, 1.807) is 0 Å². The summed E-state index contributed by atoms with van der Waals surface area (Å²) in [4.78, 5) is 21.1. The Morgan fingerprint density at radius 1 is 1.32 bits per heavy atom. The number of carbonyl (C=O) groups is 1. The first-order valence-corrected chi connectivity index (χ1v) is 9.08. The van der Waals surface area contributed by atoms with E-state index in [2.05, 4.69) is 46.1 Å². The van der Waals surface area contributed by atoms with Gasteiger partial charge >= 0.3 is 5.97 Å². The van der Waals surface area contributed by atoms with Crippen LogP contribution in [0, 0.1) is 5.41 Å². The summed E-state index contributed by atoms with van der Waals surface area (Å²) in [5, 5.41) is 11.0. The number of likely N-dealkylation sites (N-methyl/N-ethyl adjacent to an activating group) is 1. The lowest BCUT2D eigenvalue weighted by molar-refractivity contribution is -0.162. The Hall–Kier alpha value is -1.98. The summed E-state index contributed by atoms with van der Waals surface area (Å²) in [7, 11) is 2.08. The SMILES string of the molecule is CN1CCC[C@]2(C(=O)O)CCN(Cc3ccc4ncccc4c3)C[C@@H]12. The molecule has 2 aliphatic rings. The molecule has 3 heterocycles. The molecule has 0 aliphatic carbocycles. The number of rotatable bonds is 3. The van der Waals surface area contributed by atoms with Crippen LogP contribution in [0.3, 0.4) is 0 Å². The van der Waals surface area contributed by atoms with E-state index in [1.165, 1.54) is 5.56 Å². The molecule has 132 valence electrons. The number of aromatic nitrogens is 1. The summed E-state index contributed by atoms with van der Waals surface area (Å²) in [5.74, 6) is -0.611. The number of nitrogens with zero attached hydrogens (tertiary/aromatic N) is 3. The van der Waals surface area contributed by atoms with Gasteiger partial charge in [0, 0.05) is 30.7 Å². The van der Waals surface area contributed by atoms with Crippen LogP contribution in [0.25, 0.3) is 10.9 Å². The van der Waals surface area contributed by atoms with Gasteiger partial charge in [-0.1, -0.05) is 12.1 Å². The number of likely N-dealkylation sites (tertiary alicyclic amines) is 2. The topological polar surface area (TPSA) is 56.7 Å². The van der Waals surface area contributed by atoms with Gasteiger partial charge in [-0.15, -0.1) is 0 Å². The van der Waals surface area contributed by atoms with E-state index in [-0.39, 0.29) is 6.04 Å². The van der Waals surface area contributed by atoms with E-state index in [9.17, 15) is 9.90 Å². The first-order chi connectivity index (χ1) is 12.1. The lowest BCUT2D eigenvalue weighted by Crippen LogP contribution is -2.62. The molecule has 2 aromatic rings. The molecular weight excluding hydrogens is 314 g/mol. The van der Waals surface area contributed by atoms with Crippen LogP contribution in [0.5, 0.6) is 0 Å². The van der Waals surface area contributed by atoms with Gasteiger partial charge < -0.3 is 10.0 Å². The minimum atomic E-state index is -0.611. The van der Waals surface area contributed by atoms with Crippen molar-refractivity contribution < 1.29 is 9.90 Å². The van der Waals surface area contributed by atoms with Gasteiger partial charge in [0.2, 0.25) is 0 Å². The number of fused-ring (bicyclic) bond motifs is 2. The molecule has 5 nitrogen and oxygen atoms in total. The standard InChI is InChI=1S/C20H25N3O2/c1-22-10-3-7-20(19(24)25)8-11-23(14-18(20)22)13-15-5-6-17-16(12-15)4-2-9-21-17/h2,4-6,9,12,18H,3,7-8,10-11,13-14H2,1H3,(H,24,25)/t18-,20+/m1/s1. The number of piperidine rings is 2. The summed E-state index contributed by atoms with van der Waals surface area (Å²) in [6, 6.07) is 10.6. The van der Waals surface area contributed by atoms with Crippen LogP contribution < -0.4 is 0 Å². The predicted octanol–water partition coefficient (Wildman–Crippen LogP) is 2.61. The summed E-state index contributed by atoms with van der Waals surface area (Å²) in [6.07, 6.45) is 4.35. The van der Waals surface area contributed by atoms with E-state index in [1.807, 2.05) is 12.3 Å². The minimum absolute atomic E-state index is 0.106.